The Morgan fingerprint density at radius 1 is 1.13 bits per heavy atom. The minimum absolute atomic E-state index is 0.248. The van der Waals surface area contributed by atoms with Gasteiger partial charge in [0.05, 0.1) is 12.4 Å². The third kappa shape index (κ3) is 4.28. The lowest BCUT2D eigenvalue weighted by Gasteiger charge is -2.13. The number of amides is 1. The standard InChI is InChI=1S/C18H24N4O/c1-6-14(5)21-16-10-19-15(9-20-16)18(23)22-17-12(3)7-11(2)8-13(17)4/h7-10,14H,6H2,1-5H3,(H,20,21)(H,22,23). The zero-order valence-corrected chi connectivity index (χ0v) is 14.4. The summed E-state index contributed by atoms with van der Waals surface area (Å²) >= 11 is 0. The van der Waals surface area contributed by atoms with Crippen LogP contribution < -0.4 is 10.6 Å². The average Bonchev–Trinajstić information content (AvgIpc) is 2.51. The lowest BCUT2D eigenvalue weighted by molar-refractivity contribution is 0.102. The van der Waals surface area contributed by atoms with Crippen LogP contribution in [-0.4, -0.2) is 21.9 Å². The second kappa shape index (κ2) is 7.22. The van der Waals surface area contributed by atoms with Gasteiger partial charge in [0, 0.05) is 11.7 Å². The van der Waals surface area contributed by atoms with E-state index in [9.17, 15) is 4.79 Å². The molecule has 0 aliphatic carbocycles. The van der Waals surface area contributed by atoms with Crippen LogP contribution in [0.4, 0.5) is 11.5 Å². The first-order valence-electron chi connectivity index (χ1n) is 7.88. The second-order valence-electron chi connectivity index (χ2n) is 5.97. The summed E-state index contributed by atoms with van der Waals surface area (Å²) in [6.07, 6.45) is 4.09. The fraction of sp³-hybridized carbons (Fsp3) is 0.389. The second-order valence-corrected chi connectivity index (χ2v) is 5.97. The molecule has 0 saturated carbocycles. The molecule has 2 rings (SSSR count). The summed E-state index contributed by atoms with van der Waals surface area (Å²) in [6.45, 7) is 10.2. The molecule has 0 radical (unpaired) electrons. The van der Waals surface area contributed by atoms with Crippen molar-refractivity contribution in [1.29, 1.82) is 0 Å². The molecule has 0 saturated heterocycles. The molecule has 0 fully saturated rings. The van der Waals surface area contributed by atoms with Gasteiger partial charge in [0.25, 0.3) is 5.91 Å². The van der Waals surface area contributed by atoms with E-state index in [1.807, 2.05) is 32.9 Å². The summed E-state index contributed by atoms with van der Waals surface area (Å²) in [5, 5.41) is 6.16. The number of carbonyl (C=O) groups is 1. The van der Waals surface area contributed by atoms with Crippen molar-refractivity contribution in [3.63, 3.8) is 0 Å². The molecule has 122 valence electrons. The Labute approximate surface area is 137 Å². The Hall–Kier alpha value is -2.43. The summed E-state index contributed by atoms with van der Waals surface area (Å²) in [5.41, 5.74) is 4.40. The first-order chi connectivity index (χ1) is 10.9. The van der Waals surface area contributed by atoms with Gasteiger partial charge in [0.1, 0.15) is 11.5 Å². The molecule has 0 bridgehead atoms. The number of aryl methyl sites for hydroxylation is 3. The van der Waals surface area contributed by atoms with Crippen LogP contribution in [0.3, 0.4) is 0 Å². The minimum atomic E-state index is -0.248. The van der Waals surface area contributed by atoms with Crippen LogP contribution in [0.25, 0.3) is 0 Å². The molecular weight excluding hydrogens is 288 g/mol. The molecule has 0 aliphatic heterocycles. The van der Waals surface area contributed by atoms with Crippen LogP contribution in [-0.2, 0) is 0 Å². The number of nitrogens with zero attached hydrogens (tertiary/aromatic N) is 2. The van der Waals surface area contributed by atoms with E-state index >= 15 is 0 Å². The van der Waals surface area contributed by atoms with E-state index in [0.29, 0.717) is 17.6 Å². The lowest BCUT2D eigenvalue weighted by atomic mass is 10.1. The van der Waals surface area contributed by atoms with Gasteiger partial charge in [-0.15, -0.1) is 0 Å². The van der Waals surface area contributed by atoms with Crippen LogP contribution in [0.5, 0.6) is 0 Å². The van der Waals surface area contributed by atoms with Crippen molar-refractivity contribution in [1.82, 2.24) is 9.97 Å². The third-order valence-electron chi connectivity index (χ3n) is 3.81. The van der Waals surface area contributed by atoms with Crippen molar-refractivity contribution >= 4 is 17.4 Å². The third-order valence-corrected chi connectivity index (χ3v) is 3.81. The maximum atomic E-state index is 12.4. The molecule has 0 spiro atoms. The molecule has 5 nitrogen and oxygen atoms in total. The van der Waals surface area contributed by atoms with Crippen LogP contribution in [0.2, 0.25) is 0 Å². The smallest absolute Gasteiger partial charge is 0.275 e. The fourth-order valence-corrected chi connectivity index (χ4v) is 2.43. The summed E-state index contributed by atoms with van der Waals surface area (Å²) < 4.78 is 0. The molecule has 1 atom stereocenters. The Bertz CT molecular complexity index is 672. The molecule has 2 N–H and O–H groups in total. The number of carbonyl (C=O) groups excluding carboxylic acids is 1. The SMILES string of the molecule is CCC(C)Nc1cnc(C(=O)Nc2c(C)cc(C)cc2C)cn1. The van der Waals surface area contributed by atoms with Crippen LogP contribution in [0.1, 0.15) is 47.4 Å². The minimum Gasteiger partial charge on any atom is -0.366 e. The lowest BCUT2D eigenvalue weighted by Crippen LogP contribution is -2.18. The molecule has 1 amide bonds. The van der Waals surface area contributed by atoms with Gasteiger partial charge in [-0.25, -0.2) is 9.97 Å². The van der Waals surface area contributed by atoms with Gasteiger partial charge in [-0.05, 0) is 45.2 Å². The number of hydrogen-bond acceptors (Lipinski definition) is 4. The van der Waals surface area contributed by atoms with Crippen LogP contribution in [0.15, 0.2) is 24.5 Å². The highest BCUT2D eigenvalue weighted by molar-refractivity contribution is 6.03. The van der Waals surface area contributed by atoms with Gasteiger partial charge < -0.3 is 10.6 Å². The zero-order valence-electron chi connectivity index (χ0n) is 14.4. The first-order valence-corrected chi connectivity index (χ1v) is 7.88. The molecular formula is C18H24N4O. The molecule has 1 unspecified atom stereocenters. The Morgan fingerprint density at radius 3 is 2.30 bits per heavy atom. The summed E-state index contributed by atoms with van der Waals surface area (Å²) in [7, 11) is 0. The maximum Gasteiger partial charge on any atom is 0.275 e. The molecule has 5 heteroatoms. The molecule has 2 aromatic rings. The van der Waals surface area contributed by atoms with E-state index in [1.54, 1.807) is 6.20 Å². The largest absolute Gasteiger partial charge is 0.366 e. The Balaban J connectivity index is 2.12. The Kier molecular flexibility index (Phi) is 5.32. The van der Waals surface area contributed by atoms with Crippen LogP contribution >= 0.6 is 0 Å². The van der Waals surface area contributed by atoms with E-state index in [2.05, 4.69) is 34.4 Å². The topological polar surface area (TPSA) is 66.9 Å². The van der Waals surface area contributed by atoms with E-state index in [1.165, 1.54) is 11.8 Å². The molecule has 1 heterocycles. The predicted octanol–water partition coefficient (Wildman–Crippen LogP) is 3.86. The van der Waals surface area contributed by atoms with Crippen molar-refractivity contribution in [2.24, 2.45) is 0 Å². The van der Waals surface area contributed by atoms with Gasteiger partial charge in [-0.3, -0.25) is 4.79 Å². The van der Waals surface area contributed by atoms with Gasteiger partial charge in [-0.1, -0.05) is 24.6 Å². The van der Waals surface area contributed by atoms with E-state index in [-0.39, 0.29) is 5.91 Å². The number of nitrogens with one attached hydrogen (secondary N) is 2. The quantitative estimate of drug-likeness (QED) is 0.879. The number of anilines is 2. The predicted molar refractivity (Wildman–Crippen MR) is 94.0 cm³/mol. The highest BCUT2D eigenvalue weighted by Gasteiger charge is 2.12. The van der Waals surface area contributed by atoms with Gasteiger partial charge in [-0.2, -0.15) is 0 Å². The summed E-state index contributed by atoms with van der Waals surface area (Å²) in [4.78, 5) is 20.8. The highest BCUT2D eigenvalue weighted by atomic mass is 16.1. The van der Waals surface area contributed by atoms with Crippen LogP contribution in [0, 0.1) is 20.8 Å². The van der Waals surface area contributed by atoms with Gasteiger partial charge >= 0.3 is 0 Å². The van der Waals surface area contributed by atoms with Crippen molar-refractivity contribution in [3.8, 4) is 0 Å². The van der Waals surface area contributed by atoms with Crippen molar-refractivity contribution in [2.45, 2.75) is 47.1 Å². The maximum absolute atomic E-state index is 12.4. The van der Waals surface area contributed by atoms with Crippen molar-refractivity contribution in [3.05, 3.63) is 46.9 Å². The molecule has 1 aromatic heterocycles. The molecule has 23 heavy (non-hydrogen) atoms. The molecule has 1 aromatic carbocycles. The van der Waals surface area contributed by atoms with E-state index < -0.39 is 0 Å². The number of aromatic nitrogens is 2. The summed E-state index contributed by atoms with van der Waals surface area (Å²) in [5.74, 6) is 0.432. The summed E-state index contributed by atoms with van der Waals surface area (Å²) in [6, 6.07) is 4.42. The van der Waals surface area contributed by atoms with E-state index in [0.717, 1.165) is 23.2 Å². The number of benzene rings is 1. The van der Waals surface area contributed by atoms with E-state index in [4.69, 9.17) is 0 Å². The van der Waals surface area contributed by atoms with Gasteiger partial charge in [0.2, 0.25) is 0 Å². The number of rotatable bonds is 5. The average molecular weight is 312 g/mol. The molecule has 0 aliphatic rings. The normalized spacial score (nSPS) is 11.9. The van der Waals surface area contributed by atoms with Gasteiger partial charge in [0.15, 0.2) is 0 Å². The zero-order chi connectivity index (χ0) is 17.0. The monoisotopic (exact) mass is 312 g/mol. The van der Waals surface area contributed by atoms with Crippen molar-refractivity contribution in [2.75, 3.05) is 10.6 Å². The highest BCUT2D eigenvalue weighted by Crippen LogP contribution is 2.22. The van der Waals surface area contributed by atoms with Crippen molar-refractivity contribution < 1.29 is 4.79 Å². The number of hydrogen-bond donors (Lipinski definition) is 2. The fourth-order valence-electron chi connectivity index (χ4n) is 2.43. The first kappa shape index (κ1) is 16.9. The Morgan fingerprint density at radius 2 is 1.78 bits per heavy atom.